The first-order chi connectivity index (χ1) is 8.47. The van der Waals surface area contributed by atoms with Crippen LogP contribution in [0.3, 0.4) is 0 Å². The van der Waals surface area contributed by atoms with Crippen molar-refractivity contribution in [2.24, 2.45) is 13.0 Å². The van der Waals surface area contributed by atoms with Gasteiger partial charge < -0.3 is 5.11 Å². The second kappa shape index (κ2) is 5.40. The molecule has 0 spiro atoms. The fourth-order valence-electron chi connectivity index (χ4n) is 2.11. The molecule has 100 valence electrons. The lowest BCUT2D eigenvalue weighted by Crippen LogP contribution is -2.32. The Hall–Kier alpha value is -0.880. The van der Waals surface area contributed by atoms with Gasteiger partial charge in [-0.15, -0.1) is 0 Å². The van der Waals surface area contributed by atoms with Crippen LogP contribution in [0.5, 0.6) is 0 Å². The van der Waals surface area contributed by atoms with Gasteiger partial charge in [0.25, 0.3) is 0 Å². The van der Waals surface area contributed by atoms with Crippen molar-refractivity contribution in [3.8, 4) is 0 Å². The van der Waals surface area contributed by atoms with Crippen LogP contribution in [0.15, 0.2) is 4.47 Å². The molecule has 0 amide bonds. The molecule has 5 nitrogen and oxygen atoms in total. The first-order valence-electron chi connectivity index (χ1n) is 6.09. The Labute approximate surface area is 115 Å². The molecule has 0 unspecified atom stereocenters. The molecule has 6 heteroatoms. The molecule has 2 rings (SSSR count). The summed E-state index contributed by atoms with van der Waals surface area (Å²) >= 11 is 3.52. The van der Waals surface area contributed by atoms with Gasteiger partial charge in [0.2, 0.25) is 0 Å². The largest absolute Gasteiger partial charge is 0.480 e. The average molecular weight is 316 g/mol. The van der Waals surface area contributed by atoms with Crippen LogP contribution in [0.25, 0.3) is 0 Å². The number of hydrogen-bond acceptors (Lipinski definition) is 3. The molecule has 1 heterocycles. The molecule has 1 aromatic rings. The molecule has 0 radical (unpaired) electrons. The Morgan fingerprint density at radius 1 is 1.61 bits per heavy atom. The normalized spacial score (nSPS) is 15.3. The molecule has 0 aliphatic heterocycles. The van der Waals surface area contributed by atoms with Crippen LogP contribution in [0.1, 0.15) is 24.2 Å². The van der Waals surface area contributed by atoms with E-state index in [-0.39, 0.29) is 6.54 Å². The fourth-order valence-corrected chi connectivity index (χ4v) is 2.57. The molecule has 1 aliphatic rings. The molecule has 18 heavy (non-hydrogen) atoms. The maximum atomic E-state index is 10.9. The van der Waals surface area contributed by atoms with Crippen LogP contribution in [0.4, 0.5) is 0 Å². The Bertz CT molecular complexity index is 454. The fraction of sp³-hybridized carbons (Fsp3) is 0.667. The average Bonchev–Trinajstić information content (AvgIpc) is 3.03. The predicted octanol–water partition coefficient (Wildman–Crippen LogP) is 1.79. The topological polar surface area (TPSA) is 58.4 Å². The number of rotatable bonds is 6. The first-order valence-corrected chi connectivity index (χ1v) is 6.88. The van der Waals surface area contributed by atoms with E-state index in [4.69, 9.17) is 5.11 Å². The Morgan fingerprint density at radius 2 is 2.28 bits per heavy atom. The minimum atomic E-state index is -0.773. The van der Waals surface area contributed by atoms with Crippen molar-refractivity contribution >= 4 is 21.9 Å². The molecule has 1 saturated carbocycles. The Balaban J connectivity index is 2.08. The Morgan fingerprint density at radius 3 is 2.72 bits per heavy atom. The summed E-state index contributed by atoms with van der Waals surface area (Å²) in [5, 5.41) is 13.3. The van der Waals surface area contributed by atoms with Crippen molar-refractivity contribution in [3.63, 3.8) is 0 Å². The zero-order valence-electron chi connectivity index (χ0n) is 10.7. The number of aryl methyl sites for hydroxylation is 2. The maximum Gasteiger partial charge on any atom is 0.317 e. The number of carboxylic acids is 1. The molecule has 1 fully saturated rings. The zero-order valence-corrected chi connectivity index (χ0v) is 12.3. The second-order valence-corrected chi connectivity index (χ2v) is 5.77. The van der Waals surface area contributed by atoms with Gasteiger partial charge in [-0.3, -0.25) is 14.4 Å². The van der Waals surface area contributed by atoms with Gasteiger partial charge in [-0.25, -0.2) is 0 Å². The lowest BCUT2D eigenvalue weighted by molar-refractivity contribution is -0.138. The highest BCUT2D eigenvalue weighted by Gasteiger charge is 2.26. The van der Waals surface area contributed by atoms with Gasteiger partial charge in [0.1, 0.15) is 0 Å². The monoisotopic (exact) mass is 315 g/mol. The molecule has 0 atom stereocenters. The van der Waals surface area contributed by atoms with Gasteiger partial charge >= 0.3 is 5.97 Å². The van der Waals surface area contributed by atoms with E-state index in [1.807, 2.05) is 23.6 Å². The van der Waals surface area contributed by atoms with Crippen molar-refractivity contribution in [3.05, 3.63) is 15.9 Å². The number of aromatic nitrogens is 2. The van der Waals surface area contributed by atoms with Crippen LogP contribution in [-0.2, 0) is 18.4 Å². The Kier molecular flexibility index (Phi) is 4.07. The van der Waals surface area contributed by atoms with Crippen LogP contribution in [-0.4, -0.2) is 38.8 Å². The molecule has 0 saturated heterocycles. The molecule has 1 aliphatic carbocycles. The number of carbonyl (C=O) groups is 1. The lowest BCUT2D eigenvalue weighted by atomic mass is 10.3. The highest BCUT2D eigenvalue weighted by atomic mass is 79.9. The third kappa shape index (κ3) is 3.32. The summed E-state index contributed by atoms with van der Waals surface area (Å²) in [5.41, 5.74) is 1.98. The van der Waals surface area contributed by atoms with Crippen LogP contribution < -0.4 is 0 Å². The van der Waals surface area contributed by atoms with Crippen molar-refractivity contribution in [1.29, 1.82) is 0 Å². The highest BCUT2D eigenvalue weighted by molar-refractivity contribution is 9.10. The number of halogens is 1. The second-order valence-electron chi connectivity index (χ2n) is 4.98. The van der Waals surface area contributed by atoms with Gasteiger partial charge in [-0.05, 0) is 41.6 Å². The third-order valence-corrected chi connectivity index (χ3v) is 4.24. The lowest BCUT2D eigenvalue weighted by Gasteiger charge is -2.20. The van der Waals surface area contributed by atoms with Crippen LogP contribution in [0.2, 0.25) is 0 Å². The van der Waals surface area contributed by atoms with Gasteiger partial charge in [0, 0.05) is 20.1 Å². The maximum absolute atomic E-state index is 10.9. The molecular formula is C12H18BrN3O2. The summed E-state index contributed by atoms with van der Waals surface area (Å²) in [6.45, 7) is 3.52. The number of carboxylic acid groups (broad SMARTS) is 1. The van der Waals surface area contributed by atoms with E-state index < -0.39 is 5.97 Å². The third-order valence-electron chi connectivity index (χ3n) is 3.21. The first kappa shape index (κ1) is 13.5. The SMILES string of the molecule is Cc1nn(C)c(CN(CC(=O)O)CC2CC2)c1Br. The standard InChI is InChI=1S/C12H18BrN3O2/c1-8-12(13)10(15(2)14-8)6-16(7-11(17)18)5-9-3-4-9/h9H,3-7H2,1-2H3,(H,17,18). The minimum absolute atomic E-state index is 0.0904. The number of nitrogens with zero attached hydrogens (tertiary/aromatic N) is 3. The van der Waals surface area contributed by atoms with E-state index in [2.05, 4.69) is 21.0 Å². The summed E-state index contributed by atoms with van der Waals surface area (Å²) in [6, 6.07) is 0. The predicted molar refractivity (Wildman–Crippen MR) is 71.3 cm³/mol. The van der Waals surface area contributed by atoms with Crippen molar-refractivity contribution in [1.82, 2.24) is 14.7 Å². The van der Waals surface area contributed by atoms with E-state index in [0.717, 1.165) is 22.4 Å². The van der Waals surface area contributed by atoms with Gasteiger partial charge in [0.15, 0.2) is 0 Å². The van der Waals surface area contributed by atoms with E-state index in [1.54, 1.807) is 0 Å². The van der Waals surface area contributed by atoms with Crippen molar-refractivity contribution in [2.75, 3.05) is 13.1 Å². The number of aliphatic carboxylic acids is 1. The van der Waals surface area contributed by atoms with Crippen molar-refractivity contribution in [2.45, 2.75) is 26.3 Å². The molecule has 0 aromatic carbocycles. The summed E-state index contributed by atoms with van der Waals surface area (Å²) in [4.78, 5) is 12.9. The smallest absolute Gasteiger partial charge is 0.317 e. The van der Waals surface area contributed by atoms with Crippen LogP contribution in [0, 0.1) is 12.8 Å². The summed E-state index contributed by atoms with van der Waals surface area (Å²) in [6.07, 6.45) is 2.45. The molecular weight excluding hydrogens is 298 g/mol. The summed E-state index contributed by atoms with van der Waals surface area (Å²) in [7, 11) is 1.89. The van der Waals surface area contributed by atoms with E-state index >= 15 is 0 Å². The minimum Gasteiger partial charge on any atom is -0.480 e. The van der Waals surface area contributed by atoms with E-state index in [1.165, 1.54) is 12.8 Å². The van der Waals surface area contributed by atoms with Gasteiger partial charge in [0.05, 0.1) is 22.4 Å². The summed E-state index contributed by atoms with van der Waals surface area (Å²) in [5.74, 6) is -0.0943. The molecule has 0 bridgehead atoms. The van der Waals surface area contributed by atoms with E-state index in [9.17, 15) is 4.79 Å². The van der Waals surface area contributed by atoms with Gasteiger partial charge in [-0.2, -0.15) is 5.10 Å². The van der Waals surface area contributed by atoms with E-state index in [0.29, 0.717) is 12.5 Å². The van der Waals surface area contributed by atoms with Gasteiger partial charge in [-0.1, -0.05) is 0 Å². The zero-order chi connectivity index (χ0) is 13.3. The molecule has 1 aromatic heterocycles. The quantitative estimate of drug-likeness (QED) is 0.869. The highest BCUT2D eigenvalue weighted by Crippen LogP contribution is 2.30. The molecule has 1 N–H and O–H groups in total. The van der Waals surface area contributed by atoms with Crippen molar-refractivity contribution < 1.29 is 9.90 Å². The number of hydrogen-bond donors (Lipinski definition) is 1. The summed E-state index contributed by atoms with van der Waals surface area (Å²) < 4.78 is 2.80. The van der Waals surface area contributed by atoms with Crippen LogP contribution >= 0.6 is 15.9 Å².